The summed E-state index contributed by atoms with van der Waals surface area (Å²) in [6, 6.07) is 39.6. The molecular weight excluding hydrogens is 366 g/mol. The third-order valence-corrected chi connectivity index (χ3v) is 5.07. The fourth-order valence-corrected chi connectivity index (χ4v) is 3.66. The molecule has 30 heavy (non-hydrogen) atoms. The van der Waals surface area contributed by atoms with Gasteiger partial charge in [-0.3, -0.25) is 4.98 Å². The minimum atomic E-state index is 0.972. The van der Waals surface area contributed by atoms with Gasteiger partial charge in [0, 0.05) is 34.3 Å². The lowest BCUT2D eigenvalue weighted by atomic mass is 10.1. The summed E-state index contributed by atoms with van der Waals surface area (Å²) >= 11 is 0. The number of aromatic nitrogens is 1. The van der Waals surface area contributed by atoms with Gasteiger partial charge in [0.2, 0.25) is 0 Å². The average molecular weight is 387 g/mol. The fraction of sp³-hybridized carbons (Fsp3) is 0. The summed E-state index contributed by atoms with van der Waals surface area (Å²) in [5.74, 6) is 0. The van der Waals surface area contributed by atoms with Gasteiger partial charge in [-0.05, 0) is 60.7 Å². The normalized spacial score (nSPS) is 10.7. The molecule has 1 aromatic heterocycles. The molecule has 4 aromatic carbocycles. The van der Waals surface area contributed by atoms with Crippen molar-refractivity contribution in [3.8, 4) is 0 Å². The molecule has 0 bridgehead atoms. The number of hydrogen-bond donors (Lipinski definition) is 1. The van der Waals surface area contributed by atoms with Crippen molar-refractivity contribution in [2.75, 3.05) is 10.2 Å². The number of hydrogen-bond acceptors (Lipinski definition) is 3. The topological polar surface area (TPSA) is 28.2 Å². The minimum Gasteiger partial charge on any atom is -0.354 e. The third kappa shape index (κ3) is 3.61. The molecule has 1 N–H and O–H groups in total. The van der Waals surface area contributed by atoms with Crippen LogP contribution in [-0.2, 0) is 0 Å². The Morgan fingerprint density at radius 3 is 1.80 bits per heavy atom. The standard InChI is InChI=1S/C27H21N3/c1-3-11-23(12-4-1)30(24-13-5-2-6-14-24)25-18-16-22(17-19-25)29-26-15-7-9-21-10-8-20-28-27(21)26/h1-20,29H. The predicted molar refractivity (Wildman–Crippen MR) is 126 cm³/mol. The fourth-order valence-electron chi connectivity index (χ4n) is 3.66. The molecule has 0 saturated heterocycles. The number of anilines is 5. The van der Waals surface area contributed by atoms with Crippen molar-refractivity contribution in [3.05, 3.63) is 121 Å². The summed E-state index contributed by atoms with van der Waals surface area (Å²) in [5.41, 5.74) is 6.36. The molecule has 0 aliphatic carbocycles. The second kappa shape index (κ2) is 8.10. The maximum atomic E-state index is 4.53. The zero-order chi connectivity index (χ0) is 20.2. The van der Waals surface area contributed by atoms with Crippen LogP contribution in [0.25, 0.3) is 10.9 Å². The molecule has 0 aliphatic rings. The Kier molecular flexibility index (Phi) is 4.84. The molecule has 144 valence electrons. The Balaban J connectivity index is 1.48. The Hall–Kier alpha value is -4.11. The van der Waals surface area contributed by atoms with Gasteiger partial charge >= 0.3 is 0 Å². The van der Waals surface area contributed by atoms with Gasteiger partial charge in [-0.1, -0.05) is 54.6 Å². The van der Waals surface area contributed by atoms with Gasteiger partial charge in [0.15, 0.2) is 0 Å². The predicted octanol–water partition coefficient (Wildman–Crippen LogP) is 7.45. The first-order valence-corrected chi connectivity index (χ1v) is 9.99. The summed E-state index contributed by atoms with van der Waals surface area (Å²) in [6.07, 6.45) is 1.83. The van der Waals surface area contributed by atoms with E-state index < -0.39 is 0 Å². The van der Waals surface area contributed by atoms with Crippen LogP contribution in [-0.4, -0.2) is 4.98 Å². The first-order valence-electron chi connectivity index (χ1n) is 9.99. The van der Waals surface area contributed by atoms with Crippen LogP contribution in [0.15, 0.2) is 121 Å². The highest BCUT2D eigenvalue weighted by Gasteiger charge is 2.11. The SMILES string of the molecule is c1ccc(N(c2ccccc2)c2ccc(Nc3cccc4cccnc34)cc2)cc1. The molecule has 0 amide bonds. The van der Waals surface area contributed by atoms with E-state index in [0.717, 1.165) is 39.3 Å². The van der Waals surface area contributed by atoms with Gasteiger partial charge in [0.05, 0.1) is 11.2 Å². The van der Waals surface area contributed by atoms with Crippen LogP contribution in [0.5, 0.6) is 0 Å². The zero-order valence-corrected chi connectivity index (χ0v) is 16.4. The van der Waals surface area contributed by atoms with E-state index >= 15 is 0 Å². The first-order chi connectivity index (χ1) is 14.9. The van der Waals surface area contributed by atoms with E-state index in [0.29, 0.717) is 0 Å². The highest BCUT2D eigenvalue weighted by molar-refractivity contribution is 5.92. The lowest BCUT2D eigenvalue weighted by Gasteiger charge is -2.25. The van der Waals surface area contributed by atoms with E-state index in [1.807, 2.05) is 30.5 Å². The molecule has 3 nitrogen and oxygen atoms in total. The van der Waals surface area contributed by atoms with Crippen molar-refractivity contribution in [1.29, 1.82) is 0 Å². The minimum absolute atomic E-state index is 0.972. The molecule has 0 spiro atoms. The van der Waals surface area contributed by atoms with Gasteiger partial charge in [-0.25, -0.2) is 0 Å². The van der Waals surface area contributed by atoms with Crippen molar-refractivity contribution >= 4 is 39.3 Å². The summed E-state index contributed by atoms with van der Waals surface area (Å²) in [5, 5.41) is 4.64. The molecule has 0 radical (unpaired) electrons. The summed E-state index contributed by atoms with van der Waals surface area (Å²) in [7, 11) is 0. The molecular formula is C27H21N3. The number of fused-ring (bicyclic) bond motifs is 1. The van der Waals surface area contributed by atoms with E-state index in [4.69, 9.17) is 0 Å². The van der Waals surface area contributed by atoms with Crippen LogP contribution in [0.1, 0.15) is 0 Å². The molecule has 5 aromatic rings. The van der Waals surface area contributed by atoms with Crippen LogP contribution < -0.4 is 10.2 Å². The number of rotatable bonds is 5. The Morgan fingerprint density at radius 1 is 0.533 bits per heavy atom. The highest BCUT2D eigenvalue weighted by atomic mass is 15.1. The quantitative estimate of drug-likeness (QED) is 0.339. The first kappa shape index (κ1) is 18.0. The van der Waals surface area contributed by atoms with Crippen molar-refractivity contribution in [3.63, 3.8) is 0 Å². The molecule has 3 heteroatoms. The molecule has 0 unspecified atom stereocenters. The van der Waals surface area contributed by atoms with Gasteiger partial charge in [-0.2, -0.15) is 0 Å². The smallest absolute Gasteiger partial charge is 0.0936 e. The van der Waals surface area contributed by atoms with E-state index in [1.54, 1.807) is 0 Å². The van der Waals surface area contributed by atoms with Crippen molar-refractivity contribution in [1.82, 2.24) is 4.98 Å². The maximum Gasteiger partial charge on any atom is 0.0936 e. The number of benzene rings is 4. The maximum absolute atomic E-state index is 4.53. The molecule has 0 saturated carbocycles. The average Bonchev–Trinajstić information content (AvgIpc) is 2.82. The van der Waals surface area contributed by atoms with E-state index in [9.17, 15) is 0 Å². The number of pyridine rings is 1. The van der Waals surface area contributed by atoms with Crippen molar-refractivity contribution in [2.24, 2.45) is 0 Å². The van der Waals surface area contributed by atoms with Crippen LogP contribution in [0.2, 0.25) is 0 Å². The molecule has 1 heterocycles. The summed E-state index contributed by atoms with van der Waals surface area (Å²) in [6.45, 7) is 0. The molecule has 0 atom stereocenters. The van der Waals surface area contributed by atoms with Crippen molar-refractivity contribution in [2.45, 2.75) is 0 Å². The number of nitrogens with one attached hydrogen (secondary N) is 1. The summed E-state index contributed by atoms with van der Waals surface area (Å²) < 4.78 is 0. The largest absolute Gasteiger partial charge is 0.354 e. The van der Waals surface area contributed by atoms with Gasteiger partial charge in [0.25, 0.3) is 0 Å². The number of para-hydroxylation sites is 3. The lowest BCUT2D eigenvalue weighted by Crippen LogP contribution is -2.09. The molecule has 0 aliphatic heterocycles. The Labute approximate surface area is 176 Å². The molecule has 0 fully saturated rings. The molecule has 5 rings (SSSR count). The summed E-state index contributed by atoms with van der Waals surface area (Å²) in [4.78, 5) is 6.78. The van der Waals surface area contributed by atoms with Crippen LogP contribution in [0.4, 0.5) is 28.4 Å². The second-order valence-electron chi connectivity index (χ2n) is 7.06. The number of nitrogens with zero attached hydrogens (tertiary/aromatic N) is 2. The zero-order valence-electron chi connectivity index (χ0n) is 16.4. The third-order valence-electron chi connectivity index (χ3n) is 5.07. The van der Waals surface area contributed by atoms with Crippen LogP contribution in [0.3, 0.4) is 0 Å². The van der Waals surface area contributed by atoms with E-state index in [2.05, 4.69) is 106 Å². The Morgan fingerprint density at radius 2 is 1.13 bits per heavy atom. The van der Waals surface area contributed by atoms with E-state index in [1.165, 1.54) is 0 Å². The highest BCUT2D eigenvalue weighted by Crippen LogP contribution is 2.35. The second-order valence-corrected chi connectivity index (χ2v) is 7.06. The van der Waals surface area contributed by atoms with Gasteiger partial charge in [-0.15, -0.1) is 0 Å². The monoisotopic (exact) mass is 387 g/mol. The van der Waals surface area contributed by atoms with Crippen LogP contribution in [0, 0.1) is 0 Å². The van der Waals surface area contributed by atoms with E-state index in [-0.39, 0.29) is 0 Å². The lowest BCUT2D eigenvalue weighted by molar-refractivity contribution is 1.28. The van der Waals surface area contributed by atoms with Gasteiger partial charge in [0.1, 0.15) is 0 Å². The van der Waals surface area contributed by atoms with Gasteiger partial charge < -0.3 is 10.2 Å². The van der Waals surface area contributed by atoms with Crippen LogP contribution >= 0.6 is 0 Å². The Bertz CT molecular complexity index is 1210. The van der Waals surface area contributed by atoms with Crippen molar-refractivity contribution < 1.29 is 0 Å².